The molecule has 6 aromatic carbocycles. The minimum atomic E-state index is -0.228. The lowest BCUT2D eigenvalue weighted by Gasteiger charge is -2.25. The fourth-order valence-electron chi connectivity index (χ4n) is 6.59. The van der Waals surface area contributed by atoms with Crippen molar-refractivity contribution >= 4 is 29.0 Å². The topological polar surface area (TPSA) is 48.8 Å². The number of amidine groups is 2. The molecular formula is C47H38N4. The maximum absolute atomic E-state index is 5.04. The molecule has 0 aliphatic carbocycles. The van der Waals surface area contributed by atoms with Gasteiger partial charge in [0.1, 0.15) is 12.0 Å². The number of nitrogens with zero attached hydrogens (tertiary/aromatic N) is 2. The molecule has 2 aliphatic heterocycles. The van der Waals surface area contributed by atoms with Gasteiger partial charge in [-0.3, -0.25) is 0 Å². The van der Waals surface area contributed by atoms with E-state index in [1.54, 1.807) is 0 Å². The molecule has 8 rings (SSSR count). The second-order valence-corrected chi connectivity index (χ2v) is 12.8. The summed E-state index contributed by atoms with van der Waals surface area (Å²) < 4.78 is 0. The summed E-state index contributed by atoms with van der Waals surface area (Å²) in [5.74, 6) is 1.53. The zero-order valence-electron chi connectivity index (χ0n) is 28.4. The van der Waals surface area contributed by atoms with Crippen molar-refractivity contribution in [2.45, 2.75) is 19.1 Å². The van der Waals surface area contributed by atoms with E-state index in [-0.39, 0.29) is 12.2 Å². The molecule has 4 nitrogen and oxygen atoms in total. The van der Waals surface area contributed by atoms with Crippen molar-refractivity contribution in [1.29, 1.82) is 0 Å². The number of aliphatic imine (C=N–C) groups is 2. The van der Waals surface area contributed by atoms with Gasteiger partial charge < -0.3 is 10.6 Å². The fraction of sp³-hybridized carbons (Fsp3) is 0.0638. The molecule has 2 aliphatic rings. The molecule has 0 radical (unpaired) electrons. The van der Waals surface area contributed by atoms with Crippen molar-refractivity contribution in [2.24, 2.45) is 9.98 Å². The van der Waals surface area contributed by atoms with Crippen LogP contribution >= 0.6 is 0 Å². The number of rotatable bonds is 8. The molecule has 2 atom stereocenters. The highest BCUT2D eigenvalue weighted by Gasteiger charge is 2.21. The van der Waals surface area contributed by atoms with Crippen LogP contribution < -0.4 is 10.6 Å². The first kappa shape index (κ1) is 31.7. The molecule has 0 saturated heterocycles. The Morgan fingerprint density at radius 3 is 2.00 bits per heavy atom. The number of hydrogen-bond acceptors (Lipinski definition) is 4. The van der Waals surface area contributed by atoms with Crippen molar-refractivity contribution in [2.75, 3.05) is 0 Å². The van der Waals surface area contributed by atoms with Crippen LogP contribution in [0.4, 0.5) is 0 Å². The van der Waals surface area contributed by atoms with Gasteiger partial charge in [-0.1, -0.05) is 170 Å². The zero-order chi connectivity index (χ0) is 34.4. The minimum Gasteiger partial charge on any atom is -0.374 e. The zero-order valence-corrected chi connectivity index (χ0v) is 28.4. The monoisotopic (exact) mass is 658 g/mol. The largest absolute Gasteiger partial charge is 0.374 e. The van der Waals surface area contributed by atoms with Crippen LogP contribution in [-0.2, 0) is 0 Å². The lowest BCUT2D eigenvalue weighted by molar-refractivity contribution is 0.674. The van der Waals surface area contributed by atoms with Crippen LogP contribution in [0, 0.1) is 6.92 Å². The molecular weight excluding hydrogens is 621 g/mol. The van der Waals surface area contributed by atoms with Crippen molar-refractivity contribution in [1.82, 2.24) is 10.6 Å². The van der Waals surface area contributed by atoms with E-state index in [0.717, 1.165) is 44.9 Å². The van der Waals surface area contributed by atoms with Crippen molar-refractivity contribution in [3.63, 3.8) is 0 Å². The van der Waals surface area contributed by atoms with E-state index in [1.807, 2.05) is 36.4 Å². The third-order valence-electron chi connectivity index (χ3n) is 9.37. The Morgan fingerprint density at radius 1 is 0.588 bits per heavy atom. The van der Waals surface area contributed by atoms with E-state index < -0.39 is 0 Å². The van der Waals surface area contributed by atoms with Crippen LogP contribution in [0.5, 0.6) is 0 Å². The summed E-state index contributed by atoms with van der Waals surface area (Å²) in [5, 5.41) is 7.38. The summed E-state index contributed by atoms with van der Waals surface area (Å²) >= 11 is 0. The average molecular weight is 659 g/mol. The highest BCUT2D eigenvalue weighted by atomic mass is 15.2. The second-order valence-electron chi connectivity index (χ2n) is 12.8. The van der Waals surface area contributed by atoms with E-state index in [1.165, 1.54) is 22.3 Å². The highest BCUT2D eigenvalue weighted by Crippen LogP contribution is 2.30. The molecule has 0 bridgehead atoms. The Kier molecular flexibility index (Phi) is 9.04. The SMILES string of the molecule is Cc1ccccc1/C=C(\c1ccccc1)C1C=CC=C(c2cccc(-c3ccc(C4=NC(c5ccccc5)NC(c5ccccc5)=N4)cc3)c2)N1. The van der Waals surface area contributed by atoms with Gasteiger partial charge in [-0.2, -0.15) is 0 Å². The van der Waals surface area contributed by atoms with Gasteiger partial charge in [-0.05, 0) is 69.7 Å². The third-order valence-corrected chi connectivity index (χ3v) is 9.37. The lowest BCUT2D eigenvalue weighted by atomic mass is 9.92. The molecule has 0 fully saturated rings. The van der Waals surface area contributed by atoms with E-state index in [2.05, 4.69) is 169 Å². The molecule has 2 unspecified atom stereocenters. The van der Waals surface area contributed by atoms with E-state index in [0.29, 0.717) is 5.84 Å². The fourth-order valence-corrected chi connectivity index (χ4v) is 6.59. The number of benzene rings is 6. The Hall–Kier alpha value is -6.52. The molecule has 0 saturated carbocycles. The molecule has 0 spiro atoms. The normalized spacial score (nSPS) is 17.0. The molecule has 2 heterocycles. The molecule has 0 amide bonds. The van der Waals surface area contributed by atoms with Gasteiger partial charge in [0.05, 0.1) is 6.04 Å². The van der Waals surface area contributed by atoms with Crippen LogP contribution in [0.2, 0.25) is 0 Å². The van der Waals surface area contributed by atoms with Crippen LogP contribution in [0.15, 0.2) is 192 Å². The first-order chi connectivity index (χ1) is 25.2. The average Bonchev–Trinajstić information content (AvgIpc) is 3.21. The standard InChI is InChI=1S/C47H38N4/c1-33-15-11-12-22-39(33)32-42(35-16-5-2-6-17-35)44-26-14-25-43(48-44)41-24-13-23-40(31-41)34-27-29-38(30-28-34)47-50-45(36-18-7-3-8-19-36)49-46(51-47)37-20-9-4-10-21-37/h2-32,44-45,48H,1H3,(H,49,50,51)/b42-32+. The predicted molar refractivity (Wildman–Crippen MR) is 213 cm³/mol. The smallest absolute Gasteiger partial charge is 0.159 e. The minimum absolute atomic E-state index is 0.0155. The summed E-state index contributed by atoms with van der Waals surface area (Å²) in [7, 11) is 0. The summed E-state index contributed by atoms with van der Waals surface area (Å²) in [6.45, 7) is 2.17. The highest BCUT2D eigenvalue weighted by molar-refractivity contribution is 6.13. The van der Waals surface area contributed by atoms with E-state index in [4.69, 9.17) is 9.98 Å². The Bertz CT molecular complexity index is 2300. The van der Waals surface area contributed by atoms with Crippen molar-refractivity contribution in [3.05, 3.63) is 221 Å². The van der Waals surface area contributed by atoms with Crippen LogP contribution in [-0.4, -0.2) is 17.7 Å². The van der Waals surface area contributed by atoms with Crippen LogP contribution in [0.3, 0.4) is 0 Å². The van der Waals surface area contributed by atoms with Crippen molar-refractivity contribution in [3.8, 4) is 11.1 Å². The molecule has 6 aromatic rings. The maximum Gasteiger partial charge on any atom is 0.159 e. The quantitative estimate of drug-likeness (QED) is 0.160. The van der Waals surface area contributed by atoms with Gasteiger partial charge in [0.15, 0.2) is 5.84 Å². The van der Waals surface area contributed by atoms with Gasteiger partial charge in [-0.25, -0.2) is 9.98 Å². The molecule has 246 valence electrons. The van der Waals surface area contributed by atoms with Gasteiger partial charge in [0.25, 0.3) is 0 Å². The van der Waals surface area contributed by atoms with Crippen molar-refractivity contribution < 1.29 is 0 Å². The number of aryl methyl sites for hydroxylation is 1. The number of nitrogens with one attached hydrogen (secondary N) is 2. The summed E-state index contributed by atoms with van der Waals surface area (Å²) in [5.41, 5.74) is 12.5. The second kappa shape index (κ2) is 14.5. The number of allylic oxidation sites excluding steroid dienone is 2. The van der Waals surface area contributed by atoms with Gasteiger partial charge in [0, 0.05) is 16.8 Å². The molecule has 0 aromatic heterocycles. The number of hydrogen-bond donors (Lipinski definition) is 2. The van der Waals surface area contributed by atoms with Gasteiger partial charge in [-0.15, -0.1) is 0 Å². The van der Waals surface area contributed by atoms with Gasteiger partial charge >= 0.3 is 0 Å². The molecule has 4 heteroatoms. The van der Waals surface area contributed by atoms with Crippen LogP contribution in [0.1, 0.15) is 45.1 Å². The third kappa shape index (κ3) is 7.12. The van der Waals surface area contributed by atoms with E-state index in [9.17, 15) is 0 Å². The van der Waals surface area contributed by atoms with Gasteiger partial charge in [0.2, 0.25) is 0 Å². The Balaban J connectivity index is 1.06. The Morgan fingerprint density at radius 2 is 1.24 bits per heavy atom. The summed E-state index contributed by atoms with van der Waals surface area (Å²) in [6, 6.07) is 57.1. The number of dihydropyridines is 1. The summed E-state index contributed by atoms with van der Waals surface area (Å²) in [6.07, 6.45) is 8.65. The lowest BCUT2D eigenvalue weighted by Crippen LogP contribution is -2.33. The predicted octanol–water partition coefficient (Wildman–Crippen LogP) is 10.3. The molecule has 2 N–H and O–H groups in total. The molecule has 51 heavy (non-hydrogen) atoms. The van der Waals surface area contributed by atoms with Crippen LogP contribution in [0.25, 0.3) is 28.5 Å². The first-order valence-electron chi connectivity index (χ1n) is 17.4. The maximum atomic E-state index is 5.04. The first-order valence-corrected chi connectivity index (χ1v) is 17.4. The summed E-state index contributed by atoms with van der Waals surface area (Å²) in [4.78, 5) is 10.0. The Labute approximate surface area is 300 Å². The van der Waals surface area contributed by atoms with E-state index >= 15 is 0 Å².